The summed E-state index contributed by atoms with van der Waals surface area (Å²) in [7, 11) is 1.43. The van der Waals surface area contributed by atoms with Crippen molar-refractivity contribution in [3.8, 4) is 0 Å². The Hall–Kier alpha value is -2.05. The molecule has 1 heterocycles. The van der Waals surface area contributed by atoms with Crippen LogP contribution >= 0.6 is 0 Å². The Morgan fingerprint density at radius 2 is 2.27 bits per heavy atom. The van der Waals surface area contributed by atoms with Gasteiger partial charge >= 0.3 is 6.03 Å². The minimum atomic E-state index is -0.584. The van der Waals surface area contributed by atoms with Crippen molar-refractivity contribution in [2.45, 2.75) is 13.0 Å². The summed E-state index contributed by atoms with van der Waals surface area (Å²) in [6.45, 7) is 1.62. The van der Waals surface area contributed by atoms with Gasteiger partial charge in [-0.3, -0.25) is 14.8 Å². The highest BCUT2D eigenvalue weighted by molar-refractivity contribution is 5.95. The number of nitrogens with two attached hydrogens (primary N) is 1. The number of hydrogen-bond donors (Lipinski definition) is 3. The van der Waals surface area contributed by atoms with Crippen molar-refractivity contribution >= 4 is 17.8 Å². The lowest BCUT2D eigenvalue weighted by Gasteiger charge is -2.11. The summed E-state index contributed by atoms with van der Waals surface area (Å²) in [5.41, 5.74) is 5.40. The Bertz CT molecular complexity index is 373. The predicted octanol–water partition coefficient (Wildman–Crippen LogP) is -0.518. The van der Waals surface area contributed by atoms with Crippen molar-refractivity contribution in [1.82, 2.24) is 20.4 Å². The maximum Gasteiger partial charge on any atom is 0.321 e. The first-order valence-corrected chi connectivity index (χ1v) is 4.37. The number of amides is 3. The van der Waals surface area contributed by atoms with Gasteiger partial charge in [-0.05, 0) is 13.0 Å². The van der Waals surface area contributed by atoms with Crippen LogP contribution in [0.3, 0.4) is 0 Å². The topological polar surface area (TPSA) is 102 Å². The zero-order valence-corrected chi connectivity index (χ0v) is 8.52. The van der Waals surface area contributed by atoms with E-state index in [-0.39, 0.29) is 0 Å². The summed E-state index contributed by atoms with van der Waals surface area (Å²) in [5, 5.41) is 8.30. The number of nitrogens with zero attached hydrogens (tertiary/aromatic N) is 2. The Kier molecular flexibility index (Phi) is 3.27. The standard InChI is InChI=1S/C8H13N5O2/c1-5(7(14)11-8(15)10-2)13-4-3-6(9)12-13/h3-5H,1-2H3,(H2,9,12)(H2,10,11,14,15). The van der Waals surface area contributed by atoms with E-state index < -0.39 is 18.0 Å². The van der Waals surface area contributed by atoms with Crippen molar-refractivity contribution in [2.75, 3.05) is 12.8 Å². The molecule has 0 aromatic carbocycles. The van der Waals surface area contributed by atoms with E-state index in [1.54, 1.807) is 19.2 Å². The highest BCUT2D eigenvalue weighted by atomic mass is 16.2. The third kappa shape index (κ3) is 2.70. The number of urea groups is 1. The van der Waals surface area contributed by atoms with Gasteiger partial charge in [0.05, 0.1) is 0 Å². The Morgan fingerprint density at radius 3 is 2.73 bits per heavy atom. The van der Waals surface area contributed by atoms with Crippen LogP contribution in [0.5, 0.6) is 0 Å². The van der Waals surface area contributed by atoms with Crippen LogP contribution in [-0.2, 0) is 4.79 Å². The van der Waals surface area contributed by atoms with E-state index in [4.69, 9.17) is 5.73 Å². The van der Waals surface area contributed by atoms with E-state index in [9.17, 15) is 9.59 Å². The predicted molar refractivity (Wildman–Crippen MR) is 53.9 cm³/mol. The van der Waals surface area contributed by atoms with Crippen molar-refractivity contribution in [3.63, 3.8) is 0 Å². The molecular formula is C8H13N5O2. The van der Waals surface area contributed by atoms with E-state index in [1.807, 2.05) is 0 Å². The van der Waals surface area contributed by atoms with Crippen LogP contribution in [0.2, 0.25) is 0 Å². The zero-order chi connectivity index (χ0) is 11.4. The second-order valence-corrected chi connectivity index (χ2v) is 2.96. The number of anilines is 1. The van der Waals surface area contributed by atoms with Gasteiger partial charge in [0.1, 0.15) is 11.9 Å². The number of aromatic nitrogens is 2. The van der Waals surface area contributed by atoms with Crippen LogP contribution < -0.4 is 16.4 Å². The molecule has 0 aliphatic carbocycles. The number of imide groups is 1. The van der Waals surface area contributed by atoms with Crippen molar-refractivity contribution in [2.24, 2.45) is 0 Å². The van der Waals surface area contributed by atoms with Gasteiger partial charge in [-0.25, -0.2) is 4.79 Å². The molecule has 0 saturated heterocycles. The molecule has 0 radical (unpaired) electrons. The van der Waals surface area contributed by atoms with Crippen molar-refractivity contribution in [1.29, 1.82) is 0 Å². The van der Waals surface area contributed by atoms with E-state index in [0.29, 0.717) is 5.82 Å². The monoisotopic (exact) mass is 211 g/mol. The number of hydrogen-bond acceptors (Lipinski definition) is 4. The van der Waals surface area contributed by atoms with E-state index in [1.165, 1.54) is 11.7 Å². The molecule has 0 saturated carbocycles. The molecule has 0 spiro atoms. The number of carbonyl (C=O) groups is 2. The Morgan fingerprint density at radius 1 is 1.60 bits per heavy atom. The fourth-order valence-electron chi connectivity index (χ4n) is 0.967. The summed E-state index contributed by atoms with van der Waals surface area (Å²) in [4.78, 5) is 22.3. The van der Waals surface area contributed by atoms with Crippen LogP contribution in [-0.4, -0.2) is 28.8 Å². The van der Waals surface area contributed by atoms with Gasteiger partial charge in [0.2, 0.25) is 0 Å². The van der Waals surface area contributed by atoms with Gasteiger partial charge < -0.3 is 11.1 Å². The summed E-state index contributed by atoms with van der Waals surface area (Å²) < 4.78 is 1.38. The van der Waals surface area contributed by atoms with Crippen molar-refractivity contribution < 1.29 is 9.59 Å². The van der Waals surface area contributed by atoms with Gasteiger partial charge in [0.15, 0.2) is 0 Å². The number of nitrogens with one attached hydrogen (secondary N) is 2. The maximum absolute atomic E-state index is 11.4. The van der Waals surface area contributed by atoms with Crippen molar-refractivity contribution in [3.05, 3.63) is 12.3 Å². The minimum Gasteiger partial charge on any atom is -0.382 e. The molecule has 1 rings (SSSR count). The molecule has 0 aliphatic rings. The molecule has 0 aliphatic heterocycles. The van der Waals surface area contributed by atoms with E-state index >= 15 is 0 Å². The average Bonchev–Trinajstić information content (AvgIpc) is 2.63. The number of rotatable bonds is 2. The van der Waals surface area contributed by atoms with E-state index in [0.717, 1.165) is 0 Å². The highest BCUT2D eigenvalue weighted by Crippen LogP contribution is 2.06. The Labute approximate surface area is 86.6 Å². The first-order valence-electron chi connectivity index (χ1n) is 4.37. The molecular weight excluding hydrogens is 198 g/mol. The molecule has 1 aromatic heterocycles. The Balaban J connectivity index is 2.64. The largest absolute Gasteiger partial charge is 0.382 e. The van der Waals surface area contributed by atoms with Crippen LogP contribution in [0.15, 0.2) is 12.3 Å². The van der Waals surface area contributed by atoms with Gasteiger partial charge in [-0.2, -0.15) is 5.10 Å². The average molecular weight is 211 g/mol. The number of nitrogen functional groups attached to an aromatic ring is 1. The van der Waals surface area contributed by atoms with Gasteiger partial charge in [0, 0.05) is 13.2 Å². The second kappa shape index (κ2) is 4.45. The smallest absolute Gasteiger partial charge is 0.321 e. The molecule has 1 atom stereocenters. The fraction of sp³-hybridized carbons (Fsp3) is 0.375. The van der Waals surface area contributed by atoms with E-state index in [2.05, 4.69) is 15.7 Å². The van der Waals surface area contributed by atoms with Crippen LogP contribution in [0.4, 0.5) is 10.6 Å². The third-order valence-electron chi connectivity index (χ3n) is 1.87. The molecule has 15 heavy (non-hydrogen) atoms. The van der Waals surface area contributed by atoms with Gasteiger partial charge in [0.25, 0.3) is 5.91 Å². The van der Waals surface area contributed by atoms with Gasteiger partial charge in [-0.15, -0.1) is 0 Å². The lowest BCUT2D eigenvalue weighted by molar-refractivity contribution is -0.123. The summed E-state index contributed by atoms with van der Waals surface area (Å²) >= 11 is 0. The fourth-order valence-corrected chi connectivity index (χ4v) is 0.967. The second-order valence-electron chi connectivity index (χ2n) is 2.96. The third-order valence-corrected chi connectivity index (χ3v) is 1.87. The lowest BCUT2D eigenvalue weighted by atomic mass is 10.3. The normalized spacial score (nSPS) is 11.9. The van der Waals surface area contributed by atoms with Gasteiger partial charge in [-0.1, -0.05) is 0 Å². The first-order chi connectivity index (χ1) is 7.04. The first kappa shape index (κ1) is 11.0. The van der Waals surface area contributed by atoms with Crippen LogP contribution in [0, 0.1) is 0 Å². The quantitative estimate of drug-likeness (QED) is 0.612. The molecule has 7 nitrogen and oxygen atoms in total. The highest BCUT2D eigenvalue weighted by Gasteiger charge is 2.17. The zero-order valence-electron chi connectivity index (χ0n) is 8.52. The molecule has 0 bridgehead atoms. The molecule has 1 aromatic rings. The lowest BCUT2D eigenvalue weighted by Crippen LogP contribution is -2.40. The molecule has 82 valence electrons. The summed E-state index contributed by atoms with van der Waals surface area (Å²) in [5.74, 6) is -0.118. The molecule has 4 N–H and O–H groups in total. The van der Waals surface area contributed by atoms with Crippen LogP contribution in [0.1, 0.15) is 13.0 Å². The maximum atomic E-state index is 11.4. The molecule has 7 heteroatoms. The van der Waals surface area contributed by atoms with Crippen LogP contribution in [0.25, 0.3) is 0 Å². The SMILES string of the molecule is CNC(=O)NC(=O)C(C)n1ccc(N)n1. The molecule has 1 unspecified atom stereocenters. The molecule has 3 amide bonds. The molecule has 0 fully saturated rings. The summed E-state index contributed by atoms with van der Waals surface area (Å²) in [6.07, 6.45) is 1.57. The number of carbonyl (C=O) groups excluding carboxylic acids is 2. The minimum absolute atomic E-state index is 0.328. The summed E-state index contributed by atoms with van der Waals surface area (Å²) in [6, 6.07) is 0.440.